The second-order valence-electron chi connectivity index (χ2n) is 6.17. The molecular formula is C18H20BrN3O3S2. The lowest BCUT2D eigenvalue weighted by Gasteiger charge is -2.12. The van der Waals surface area contributed by atoms with Gasteiger partial charge in [-0.1, -0.05) is 22.0 Å². The molecule has 2 aromatic carbocycles. The van der Waals surface area contributed by atoms with Crippen molar-refractivity contribution in [3.05, 3.63) is 58.1 Å². The predicted octanol–water partition coefficient (Wildman–Crippen LogP) is 3.57. The molecule has 0 spiro atoms. The van der Waals surface area contributed by atoms with Crippen molar-refractivity contribution in [1.29, 1.82) is 0 Å². The van der Waals surface area contributed by atoms with Gasteiger partial charge < -0.3 is 5.32 Å². The van der Waals surface area contributed by atoms with Crippen LogP contribution in [0.25, 0.3) is 0 Å². The number of hydrogen-bond acceptors (Lipinski definition) is 4. The van der Waals surface area contributed by atoms with E-state index in [1.807, 2.05) is 13.0 Å². The molecule has 0 saturated heterocycles. The van der Waals surface area contributed by atoms with Crippen molar-refractivity contribution in [2.45, 2.75) is 31.7 Å². The van der Waals surface area contributed by atoms with Gasteiger partial charge >= 0.3 is 0 Å². The maximum atomic E-state index is 12.3. The summed E-state index contributed by atoms with van der Waals surface area (Å²) in [5.41, 5.74) is 2.06. The Morgan fingerprint density at radius 2 is 1.74 bits per heavy atom. The maximum absolute atomic E-state index is 12.3. The summed E-state index contributed by atoms with van der Waals surface area (Å²) in [6.07, 6.45) is 0. The van der Waals surface area contributed by atoms with Crippen LogP contribution >= 0.6 is 28.1 Å². The summed E-state index contributed by atoms with van der Waals surface area (Å²) in [5, 5.41) is 5.57. The molecule has 3 N–H and O–H groups in total. The minimum Gasteiger partial charge on any atom is -0.332 e. The molecule has 0 aliphatic rings. The molecule has 0 aliphatic carbocycles. The SMILES string of the molecule is Cc1ccc(C(=O)NC(=S)Nc2ccc(S(=O)(=O)NC(C)C)cc2)cc1Br. The number of halogens is 1. The van der Waals surface area contributed by atoms with E-state index in [1.165, 1.54) is 12.1 Å². The van der Waals surface area contributed by atoms with E-state index in [0.717, 1.165) is 10.0 Å². The smallest absolute Gasteiger partial charge is 0.257 e. The maximum Gasteiger partial charge on any atom is 0.257 e. The van der Waals surface area contributed by atoms with E-state index in [1.54, 1.807) is 38.1 Å². The van der Waals surface area contributed by atoms with E-state index in [9.17, 15) is 13.2 Å². The van der Waals surface area contributed by atoms with Crippen LogP contribution in [0.1, 0.15) is 29.8 Å². The number of carbonyl (C=O) groups excluding carboxylic acids is 1. The molecule has 0 unspecified atom stereocenters. The summed E-state index contributed by atoms with van der Waals surface area (Å²) in [5.74, 6) is -0.339. The quantitative estimate of drug-likeness (QED) is 0.582. The summed E-state index contributed by atoms with van der Waals surface area (Å²) in [7, 11) is -3.55. The standard InChI is InChI=1S/C18H20BrN3O3S2/c1-11(2)22-27(24,25)15-8-6-14(7-9-15)20-18(26)21-17(23)13-5-4-12(3)16(19)10-13/h4-11,22H,1-3H3,(H2,20,21,23,26). The number of aryl methyl sites for hydroxylation is 1. The van der Waals surface area contributed by atoms with Crippen molar-refractivity contribution in [1.82, 2.24) is 10.0 Å². The number of thiocarbonyl (C=S) groups is 1. The molecular weight excluding hydrogens is 450 g/mol. The summed E-state index contributed by atoms with van der Waals surface area (Å²) in [4.78, 5) is 12.4. The van der Waals surface area contributed by atoms with Crippen molar-refractivity contribution in [2.75, 3.05) is 5.32 Å². The van der Waals surface area contributed by atoms with Crippen LogP contribution in [0.5, 0.6) is 0 Å². The van der Waals surface area contributed by atoms with E-state index in [2.05, 4.69) is 31.3 Å². The molecule has 0 heterocycles. The average Bonchev–Trinajstić information content (AvgIpc) is 2.56. The average molecular weight is 470 g/mol. The molecule has 27 heavy (non-hydrogen) atoms. The van der Waals surface area contributed by atoms with Gasteiger partial charge in [-0.05, 0) is 75.0 Å². The number of rotatable bonds is 5. The van der Waals surface area contributed by atoms with Crippen molar-refractivity contribution in [2.24, 2.45) is 0 Å². The summed E-state index contributed by atoms with van der Waals surface area (Å²) in [6.45, 7) is 5.43. The van der Waals surface area contributed by atoms with Crippen LogP contribution in [0.2, 0.25) is 0 Å². The Hall–Kier alpha value is -1.81. The van der Waals surface area contributed by atoms with Gasteiger partial charge in [-0.25, -0.2) is 13.1 Å². The third-order valence-electron chi connectivity index (χ3n) is 3.47. The number of sulfonamides is 1. The summed E-state index contributed by atoms with van der Waals surface area (Å²) in [6, 6.07) is 11.2. The molecule has 9 heteroatoms. The van der Waals surface area contributed by atoms with Crippen LogP contribution < -0.4 is 15.4 Å². The Morgan fingerprint density at radius 3 is 2.30 bits per heavy atom. The van der Waals surface area contributed by atoms with Crippen molar-refractivity contribution in [3.63, 3.8) is 0 Å². The number of benzene rings is 2. The Bertz CT molecular complexity index is 958. The van der Waals surface area contributed by atoms with Gasteiger partial charge in [0.1, 0.15) is 0 Å². The molecule has 6 nitrogen and oxygen atoms in total. The van der Waals surface area contributed by atoms with Crippen LogP contribution in [-0.2, 0) is 10.0 Å². The highest BCUT2D eigenvalue weighted by molar-refractivity contribution is 9.10. The van der Waals surface area contributed by atoms with Crippen LogP contribution in [0, 0.1) is 6.92 Å². The van der Waals surface area contributed by atoms with Crippen molar-refractivity contribution >= 4 is 54.9 Å². The minimum absolute atomic E-state index is 0.118. The van der Waals surface area contributed by atoms with Crippen LogP contribution in [0.4, 0.5) is 5.69 Å². The molecule has 0 bridgehead atoms. The lowest BCUT2D eigenvalue weighted by molar-refractivity contribution is 0.0977. The first-order valence-corrected chi connectivity index (χ1v) is 10.8. The predicted molar refractivity (Wildman–Crippen MR) is 114 cm³/mol. The van der Waals surface area contributed by atoms with Gasteiger partial charge in [-0.2, -0.15) is 0 Å². The minimum atomic E-state index is -3.55. The highest BCUT2D eigenvalue weighted by atomic mass is 79.9. The van der Waals surface area contributed by atoms with Gasteiger partial charge in [0.05, 0.1) is 4.90 Å². The van der Waals surface area contributed by atoms with Crippen molar-refractivity contribution < 1.29 is 13.2 Å². The lowest BCUT2D eigenvalue weighted by atomic mass is 10.1. The zero-order chi connectivity index (χ0) is 20.2. The van der Waals surface area contributed by atoms with Gasteiger partial charge in [0.2, 0.25) is 10.0 Å². The molecule has 0 fully saturated rings. The second kappa shape index (κ2) is 8.92. The Kier molecular flexibility index (Phi) is 7.10. The fourth-order valence-corrected chi connectivity index (χ4v) is 4.01. The lowest BCUT2D eigenvalue weighted by Crippen LogP contribution is -2.34. The Labute approximate surface area is 172 Å². The zero-order valence-corrected chi connectivity index (χ0v) is 18.3. The first-order chi connectivity index (χ1) is 12.6. The normalized spacial score (nSPS) is 11.3. The van der Waals surface area contributed by atoms with Gasteiger partial charge in [-0.3, -0.25) is 10.1 Å². The largest absolute Gasteiger partial charge is 0.332 e. The number of nitrogens with one attached hydrogen (secondary N) is 3. The molecule has 0 saturated carbocycles. The summed E-state index contributed by atoms with van der Waals surface area (Å²) >= 11 is 8.54. The fourth-order valence-electron chi connectivity index (χ4n) is 2.17. The highest BCUT2D eigenvalue weighted by Crippen LogP contribution is 2.18. The molecule has 2 rings (SSSR count). The Balaban J connectivity index is 2.01. The van der Waals surface area contributed by atoms with Gasteiger partial charge in [0.15, 0.2) is 5.11 Å². The van der Waals surface area contributed by atoms with E-state index >= 15 is 0 Å². The first-order valence-electron chi connectivity index (χ1n) is 8.09. The van der Waals surface area contributed by atoms with E-state index < -0.39 is 10.0 Å². The van der Waals surface area contributed by atoms with Crippen molar-refractivity contribution in [3.8, 4) is 0 Å². The number of amides is 1. The number of carbonyl (C=O) groups is 1. The van der Waals surface area contributed by atoms with Crippen LogP contribution in [-0.4, -0.2) is 25.5 Å². The van der Waals surface area contributed by atoms with Crippen LogP contribution in [0.3, 0.4) is 0 Å². The molecule has 0 aliphatic heterocycles. The molecule has 1 amide bonds. The van der Waals surface area contributed by atoms with E-state index in [-0.39, 0.29) is 22.0 Å². The topological polar surface area (TPSA) is 87.3 Å². The zero-order valence-electron chi connectivity index (χ0n) is 15.0. The van der Waals surface area contributed by atoms with E-state index in [4.69, 9.17) is 12.2 Å². The Morgan fingerprint density at radius 1 is 1.11 bits per heavy atom. The summed E-state index contributed by atoms with van der Waals surface area (Å²) < 4.78 is 27.6. The van der Waals surface area contributed by atoms with E-state index in [0.29, 0.717) is 11.3 Å². The van der Waals surface area contributed by atoms with Gasteiger partial charge in [0.25, 0.3) is 5.91 Å². The first kappa shape index (κ1) is 21.5. The fraction of sp³-hybridized carbons (Fsp3) is 0.222. The molecule has 2 aromatic rings. The molecule has 144 valence electrons. The molecule has 0 radical (unpaired) electrons. The monoisotopic (exact) mass is 469 g/mol. The molecule has 0 atom stereocenters. The number of anilines is 1. The molecule has 0 aromatic heterocycles. The van der Waals surface area contributed by atoms with Crippen LogP contribution in [0.15, 0.2) is 51.8 Å². The van der Waals surface area contributed by atoms with Gasteiger partial charge in [0, 0.05) is 21.8 Å². The second-order valence-corrected chi connectivity index (χ2v) is 9.15. The third-order valence-corrected chi connectivity index (χ3v) is 6.21. The third kappa shape index (κ3) is 6.10. The number of hydrogen-bond donors (Lipinski definition) is 3. The highest BCUT2D eigenvalue weighted by Gasteiger charge is 2.15. The van der Waals surface area contributed by atoms with Gasteiger partial charge in [-0.15, -0.1) is 0 Å².